The maximum atomic E-state index is 12.0. The Labute approximate surface area is 126 Å². The number of anilines is 2. The lowest BCUT2D eigenvalue weighted by Gasteiger charge is -2.30. The molecule has 0 radical (unpaired) electrons. The highest BCUT2D eigenvalue weighted by atomic mass is 16.6. The molecule has 1 saturated heterocycles. The zero-order valence-electron chi connectivity index (χ0n) is 13.4. The normalized spacial score (nSPS) is 15.7. The average molecular weight is 291 g/mol. The molecule has 1 aliphatic heterocycles. The predicted molar refractivity (Wildman–Crippen MR) is 84.9 cm³/mol. The van der Waals surface area contributed by atoms with Gasteiger partial charge in [-0.05, 0) is 59.1 Å². The van der Waals surface area contributed by atoms with Gasteiger partial charge in [0, 0.05) is 18.8 Å². The van der Waals surface area contributed by atoms with Crippen molar-refractivity contribution in [3.8, 4) is 0 Å². The quantitative estimate of drug-likeness (QED) is 0.902. The summed E-state index contributed by atoms with van der Waals surface area (Å²) >= 11 is 0. The fourth-order valence-electron chi connectivity index (χ4n) is 2.40. The van der Waals surface area contributed by atoms with E-state index < -0.39 is 11.7 Å². The molecule has 5 nitrogen and oxygen atoms in total. The fraction of sp³-hybridized carbons (Fsp3) is 0.625. The van der Waals surface area contributed by atoms with Crippen molar-refractivity contribution < 1.29 is 9.53 Å². The number of carbonyl (C=O) groups is 1. The van der Waals surface area contributed by atoms with Crippen molar-refractivity contribution in [3.63, 3.8) is 0 Å². The standard InChI is InChI=1S/C16H25N3O2/c1-12-8-9-13(18-15(20)21-16(2,3)4)14(17-12)19-10-6-5-7-11-19/h8-9H,5-7,10-11H2,1-4H3,(H,18,20). The SMILES string of the molecule is Cc1ccc(NC(=O)OC(C)(C)C)c(N2CCCCC2)n1. The molecule has 5 heteroatoms. The minimum atomic E-state index is -0.506. The van der Waals surface area contributed by atoms with Crippen LogP contribution in [0.25, 0.3) is 0 Å². The number of hydrogen-bond donors (Lipinski definition) is 1. The number of nitrogens with one attached hydrogen (secondary N) is 1. The lowest BCUT2D eigenvalue weighted by Crippen LogP contribution is -2.32. The zero-order valence-corrected chi connectivity index (χ0v) is 13.4. The maximum absolute atomic E-state index is 12.0. The minimum absolute atomic E-state index is 0.439. The summed E-state index contributed by atoms with van der Waals surface area (Å²) < 4.78 is 5.32. The second-order valence-corrected chi connectivity index (χ2v) is 6.50. The van der Waals surface area contributed by atoms with Crippen LogP contribution in [0.4, 0.5) is 16.3 Å². The van der Waals surface area contributed by atoms with Gasteiger partial charge in [-0.15, -0.1) is 0 Å². The smallest absolute Gasteiger partial charge is 0.412 e. The Hall–Kier alpha value is -1.78. The molecule has 0 spiro atoms. The van der Waals surface area contributed by atoms with Crippen LogP contribution in [0, 0.1) is 6.92 Å². The Morgan fingerprint density at radius 3 is 2.52 bits per heavy atom. The fourth-order valence-corrected chi connectivity index (χ4v) is 2.40. The molecule has 1 N–H and O–H groups in total. The maximum Gasteiger partial charge on any atom is 0.412 e. The van der Waals surface area contributed by atoms with Gasteiger partial charge in [0.1, 0.15) is 5.60 Å². The molecule has 1 amide bonds. The van der Waals surface area contributed by atoms with Gasteiger partial charge < -0.3 is 9.64 Å². The van der Waals surface area contributed by atoms with Crippen LogP contribution in [0.2, 0.25) is 0 Å². The number of hydrogen-bond acceptors (Lipinski definition) is 4. The molecule has 1 aliphatic rings. The van der Waals surface area contributed by atoms with Gasteiger partial charge in [-0.1, -0.05) is 0 Å². The number of aryl methyl sites for hydroxylation is 1. The monoisotopic (exact) mass is 291 g/mol. The van der Waals surface area contributed by atoms with Crippen LogP contribution in [0.15, 0.2) is 12.1 Å². The summed E-state index contributed by atoms with van der Waals surface area (Å²) in [4.78, 5) is 18.8. The Bertz CT molecular complexity index is 503. The van der Waals surface area contributed by atoms with Crippen molar-refractivity contribution in [3.05, 3.63) is 17.8 Å². The van der Waals surface area contributed by atoms with Gasteiger partial charge in [-0.2, -0.15) is 0 Å². The molecule has 1 aromatic heterocycles. The van der Waals surface area contributed by atoms with Crippen LogP contribution in [-0.4, -0.2) is 29.8 Å². The lowest BCUT2D eigenvalue weighted by molar-refractivity contribution is 0.0636. The number of amides is 1. The van der Waals surface area contributed by atoms with Gasteiger partial charge in [0.05, 0.1) is 5.69 Å². The molecule has 0 bridgehead atoms. The van der Waals surface area contributed by atoms with Crippen molar-refractivity contribution in [2.24, 2.45) is 0 Å². The largest absolute Gasteiger partial charge is 0.444 e. The molecule has 0 aliphatic carbocycles. The average Bonchev–Trinajstić information content (AvgIpc) is 2.40. The topological polar surface area (TPSA) is 54.5 Å². The van der Waals surface area contributed by atoms with Crippen LogP contribution in [-0.2, 0) is 4.74 Å². The molecule has 0 aromatic carbocycles. The summed E-state index contributed by atoms with van der Waals surface area (Å²) in [6.07, 6.45) is 3.16. The lowest BCUT2D eigenvalue weighted by atomic mass is 10.1. The predicted octanol–water partition coefficient (Wildman–Crippen LogP) is 3.73. The van der Waals surface area contributed by atoms with E-state index in [1.165, 1.54) is 19.3 Å². The van der Waals surface area contributed by atoms with Gasteiger partial charge in [0.15, 0.2) is 5.82 Å². The van der Waals surface area contributed by atoms with Crippen LogP contribution in [0.3, 0.4) is 0 Å². The second-order valence-electron chi connectivity index (χ2n) is 6.50. The second kappa shape index (κ2) is 6.33. The van der Waals surface area contributed by atoms with E-state index in [9.17, 15) is 4.79 Å². The van der Waals surface area contributed by atoms with E-state index in [0.29, 0.717) is 0 Å². The summed E-state index contributed by atoms with van der Waals surface area (Å²) in [5.41, 5.74) is 1.16. The van der Waals surface area contributed by atoms with Crippen LogP contribution < -0.4 is 10.2 Å². The summed E-state index contributed by atoms with van der Waals surface area (Å²) in [7, 11) is 0. The van der Waals surface area contributed by atoms with Crippen molar-refractivity contribution in [2.45, 2.75) is 52.6 Å². The third kappa shape index (κ3) is 4.62. The number of piperidine rings is 1. The molecular formula is C16H25N3O2. The number of carbonyl (C=O) groups excluding carboxylic acids is 1. The Morgan fingerprint density at radius 2 is 1.90 bits per heavy atom. The van der Waals surface area contributed by atoms with Gasteiger partial charge in [0.2, 0.25) is 0 Å². The van der Waals surface area contributed by atoms with E-state index in [1.54, 1.807) is 0 Å². The summed E-state index contributed by atoms with van der Waals surface area (Å²) in [6, 6.07) is 3.80. The molecule has 0 saturated carbocycles. The number of nitrogens with zero attached hydrogens (tertiary/aromatic N) is 2. The minimum Gasteiger partial charge on any atom is -0.444 e. The van der Waals surface area contributed by atoms with Crippen LogP contribution in [0.1, 0.15) is 45.7 Å². The Kier molecular flexibility index (Phi) is 4.70. The van der Waals surface area contributed by atoms with E-state index in [2.05, 4.69) is 15.2 Å². The van der Waals surface area contributed by atoms with Crippen molar-refractivity contribution in [2.75, 3.05) is 23.3 Å². The molecule has 0 atom stereocenters. The number of ether oxygens (including phenoxy) is 1. The van der Waals surface area contributed by atoms with E-state index in [4.69, 9.17) is 4.74 Å². The van der Waals surface area contributed by atoms with Crippen LogP contribution in [0.5, 0.6) is 0 Å². The first-order valence-corrected chi connectivity index (χ1v) is 7.58. The number of rotatable bonds is 2. The molecule has 21 heavy (non-hydrogen) atoms. The highest BCUT2D eigenvalue weighted by Crippen LogP contribution is 2.27. The van der Waals surface area contributed by atoms with Gasteiger partial charge in [-0.25, -0.2) is 9.78 Å². The molecule has 2 rings (SSSR count). The number of pyridine rings is 1. The highest BCUT2D eigenvalue weighted by Gasteiger charge is 2.20. The summed E-state index contributed by atoms with van der Waals surface area (Å²) in [5, 5.41) is 2.83. The summed E-state index contributed by atoms with van der Waals surface area (Å²) in [5.74, 6) is 0.848. The first-order chi connectivity index (χ1) is 9.85. The molecular weight excluding hydrogens is 266 g/mol. The first kappa shape index (κ1) is 15.6. The first-order valence-electron chi connectivity index (χ1n) is 7.58. The van der Waals surface area contributed by atoms with Gasteiger partial charge in [-0.3, -0.25) is 5.32 Å². The molecule has 2 heterocycles. The van der Waals surface area contributed by atoms with Crippen molar-refractivity contribution >= 4 is 17.6 Å². The van der Waals surface area contributed by atoms with Crippen LogP contribution >= 0.6 is 0 Å². The Morgan fingerprint density at radius 1 is 1.24 bits per heavy atom. The van der Waals surface area contributed by atoms with Gasteiger partial charge in [0.25, 0.3) is 0 Å². The van der Waals surface area contributed by atoms with E-state index in [1.807, 2.05) is 39.8 Å². The third-order valence-corrected chi connectivity index (χ3v) is 3.31. The highest BCUT2D eigenvalue weighted by molar-refractivity contribution is 5.89. The molecule has 116 valence electrons. The molecule has 1 aromatic rings. The third-order valence-electron chi connectivity index (χ3n) is 3.31. The van der Waals surface area contributed by atoms with Crippen molar-refractivity contribution in [1.29, 1.82) is 0 Å². The molecule has 1 fully saturated rings. The number of aromatic nitrogens is 1. The van der Waals surface area contributed by atoms with E-state index in [0.717, 1.165) is 30.3 Å². The van der Waals surface area contributed by atoms with E-state index >= 15 is 0 Å². The summed E-state index contributed by atoms with van der Waals surface area (Å²) in [6.45, 7) is 9.49. The van der Waals surface area contributed by atoms with E-state index in [-0.39, 0.29) is 0 Å². The zero-order chi connectivity index (χ0) is 15.5. The van der Waals surface area contributed by atoms with Crippen molar-refractivity contribution in [1.82, 2.24) is 4.98 Å². The van der Waals surface area contributed by atoms with Gasteiger partial charge >= 0.3 is 6.09 Å². The Balaban J connectivity index is 2.16. The molecule has 0 unspecified atom stereocenters.